The topological polar surface area (TPSA) is 46.9 Å². The lowest BCUT2D eigenvalue weighted by atomic mass is 9.89. The van der Waals surface area contributed by atoms with E-state index in [1.165, 1.54) is 42.7 Å². The smallest absolute Gasteiger partial charge is 0.226 e. The van der Waals surface area contributed by atoms with Crippen LogP contribution in [0.2, 0.25) is 0 Å². The molecule has 0 saturated heterocycles. The van der Waals surface area contributed by atoms with Crippen LogP contribution in [0, 0.1) is 17.5 Å². The van der Waals surface area contributed by atoms with E-state index in [2.05, 4.69) is 10.3 Å². The fourth-order valence-electron chi connectivity index (χ4n) is 3.05. The molecule has 3 aromatic rings. The molecule has 0 fully saturated rings. The van der Waals surface area contributed by atoms with Crippen molar-refractivity contribution in [1.29, 1.82) is 0 Å². The number of carbonyl (C=O) groups excluding carboxylic acids is 1. The molecule has 1 aliphatic rings. The van der Waals surface area contributed by atoms with E-state index >= 15 is 0 Å². The van der Waals surface area contributed by atoms with Crippen molar-refractivity contribution in [3.05, 3.63) is 77.5 Å². The van der Waals surface area contributed by atoms with Gasteiger partial charge in [0.2, 0.25) is 5.91 Å². The number of halogens is 3. The molecule has 4 nitrogen and oxygen atoms in total. The summed E-state index contributed by atoms with van der Waals surface area (Å²) in [6.07, 6.45) is 1.43. The molecule has 25 heavy (non-hydrogen) atoms. The van der Waals surface area contributed by atoms with Crippen LogP contribution in [0.3, 0.4) is 0 Å². The van der Waals surface area contributed by atoms with Gasteiger partial charge in [-0.25, -0.2) is 18.2 Å². The van der Waals surface area contributed by atoms with Gasteiger partial charge < -0.3 is 5.32 Å². The lowest BCUT2D eigenvalue weighted by Gasteiger charge is -2.23. The molecular weight excluding hydrogens is 331 g/mol. The van der Waals surface area contributed by atoms with Crippen LogP contribution < -0.4 is 5.32 Å². The number of fused-ring (bicyclic) bond motifs is 1. The summed E-state index contributed by atoms with van der Waals surface area (Å²) in [7, 11) is 0. The van der Waals surface area contributed by atoms with Crippen molar-refractivity contribution in [2.75, 3.05) is 5.32 Å². The van der Waals surface area contributed by atoms with E-state index in [0.717, 1.165) is 6.07 Å². The second kappa shape index (κ2) is 5.77. The molecule has 0 saturated carbocycles. The second-order valence-electron chi connectivity index (χ2n) is 5.77. The van der Waals surface area contributed by atoms with E-state index in [9.17, 15) is 18.0 Å². The van der Waals surface area contributed by atoms with Crippen molar-refractivity contribution in [1.82, 2.24) is 9.55 Å². The number of anilines is 1. The van der Waals surface area contributed by atoms with Gasteiger partial charge in [-0.1, -0.05) is 12.1 Å². The summed E-state index contributed by atoms with van der Waals surface area (Å²) in [6.45, 7) is 0. The molecule has 1 aliphatic heterocycles. The Morgan fingerprint density at radius 2 is 1.84 bits per heavy atom. The first-order valence-corrected chi connectivity index (χ1v) is 7.61. The number of nitrogens with zero attached hydrogens (tertiary/aromatic N) is 2. The summed E-state index contributed by atoms with van der Waals surface area (Å²) < 4.78 is 42.5. The van der Waals surface area contributed by atoms with Crippen molar-refractivity contribution < 1.29 is 18.0 Å². The van der Waals surface area contributed by atoms with Gasteiger partial charge in [0.1, 0.15) is 18.0 Å². The van der Waals surface area contributed by atoms with Gasteiger partial charge in [-0.15, -0.1) is 0 Å². The molecule has 1 amide bonds. The fourth-order valence-corrected chi connectivity index (χ4v) is 3.05. The summed E-state index contributed by atoms with van der Waals surface area (Å²) in [4.78, 5) is 16.4. The van der Waals surface area contributed by atoms with Crippen LogP contribution in [0.15, 0.2) is 48.8 Å². The summed E-state index contributed by atoms with van der Waals surface area (Å²) in [5.41, 5.74) is 1.12. The van der Waals surface area contributed by atoms with Crippen LogP contribution in [-0.2, 0) is 4.79 Å². The van der Waals surface area contributed by atoms with Gasteiger partial charge in [-0.2, -0.15) is 0 Å². The molecule has 2 heterocycles. The first-order chi connectivity index (χ1) is 12.0. The van der Waals surface area contributed by atoms with Gasteiger partial charge in [0.05, 0.1) is 5.69 Å². The third-order valence-electron chi connectivity index (χ3n) is 4.23. The van der Waals surface area contributed by atoms with E-state index in [1.54, 1.807) is 4.57 Å². The molecule has 1 unspecified atom stereocenters. The Hall–Kier alpha value is -3.09. The highest BCUT2D eigenvalue weighted by Crippen LogP contribution is 2.38. The summed E-state index contributed by atoms with van der Waals surface area (Å²) in [5.74, 6) is -2.99. The van der Waals surface area contributed by atoms with Crippen molar-refractivity contribution >= 4 is 11.7 Å². The number of aromatic nitrogens is 2. The Morgan fingerprint density at radius 3 is 2.60 bits per heavy atom. The Balaban J connectivity index is 1.84. The zero-order valence-electron chi connectivity index (χ0n) is 12.8. The fraction of sp³-hybridized carbons (Fsp3) is 0.111. The molecule has 1 N–H and O–H groups in total. The minimum atomic E-state index is -0.982. The van der Waals surface area contributed by atoms with Crippen LogP contribution in [0.5, 0.6) is 0 Å². The number of rotatable bonds is 2. The number of hydrogen-bond donors (Lipinski definition) is 1. The predicted molar refractivity (Wildman–Crippen MR) is 85.0 cm³/mol. The van der Waals surface area contributed by atoms with Gasteiger partial charge in [-0.05, 0) is 30.3 Å². The first-order valence-electron chi connectivity index (χ1n) is 7.61. The van der Waals surface area contributed by atoms with E-state index in [0.29, 0.717) is 17.2 Å². The minimum absolute atomic E-state index is 0.0339. The SMILES string of the molecule is O=C1CC(c2cccc(F)c2F)c2ncn(-c3ccc(F)cc3)c2N1. The largest absolute Gasteiger partial charge is 0.310 e. The number of nitrogens with one attached hydrogen (secondary N) is 1. The number of imidazole rings is 1. The maximum absolute atomic E-state index is 14.2. The average molecular weight is 343 g/mol. The lowest BCUT2D eigenvalue weighted by molar-refractivity contribution is -0.116. The monoisotopic (exact) mass is 343 g/mol. The Kier molecular flexibility index (Phi) is 3.56. The van der Waals surface area contributed by atoms with Crippen LogP contribution in [0.4, 0.5) is 19.0 Å². The maximum atomic E-state index is 14.2. The summed E-state index contributed by atoms with van der Waals surface area (Å²) >= 11 is 0. The normalized spacial score (nSPS) is 16.4. The average Bonchev–Trinajstić information content (AvgIpc) is 3.01. The lowest BCUT2D eigenvalue weighted by Crippen LogP contribution is -2.25. The molecule has 0 spiro atoms. The van der Waals surface area contributed by atoms with E-state index < -0.39 is 17.6 Å². The highest BCUT2D eigenvalue weighted by atomic mass is 19.2. The van der Waals surface area contributed by atoms with Crippen LogP contribution in [0.25, 0.3) is 5.69 Å². The molecule has 7 heteroatoms. The molecule has 0 bridgehead atoms. The highest BCUT2D eigenvalue weighted by molar-refractivity contribution is 5.94. The number of benzene rings is 2. The third kappa shape index (κ3) is 2.57. The van der Waals surface area contributed by atoms with Crippen molar-refractivity contribution in [3.8, 4) is 5.69 Å². The Labute approximate surface area is 140 Å². The van der Waals surface area contributed by atoms with Crippen LogP contribution in [-0.4, -0.2) is 15.5 Å². The zero-order valence-corrected chi connectivity index (χ0v) is 12.8. The van der Waals surface area contributed by atoms with E-state index in [-0.39, 0.29) is 23.7 Å². The van der Waals surface area contributed by atoms with Crippen molar-refractivity contribution in [2.45, 2.75) is 12.3 Å². The molecule has 126 valence electrons. The van der Waals surface area contributed by atoms with Crippen molar-refractivity contribution in [2.24, 2.45) is 0 Å². The molecule has 2 aromatic carbocycles. The predicted octanol–water partition coefficient (Wildman–Crippen LogP) is 3.76. The molecule has 1 aromatic heterocycles. The molecule has 0 aliphatic carbocycles. The molecule has 0 radical (unpaired) electrons. The standard InChI is InChI=1S/C18H12F3N3O/c19-10-4-6-11(7-5-10)24-9-22-17-13(8-15(25)23-18(17)24)12-2-1-3-14(20)16(12)21/h1-7,9,13H,8H2,(H,23,25). The van der Waals surface area contributed by atoms with Gasteiger partial charge in [0, 0.05) is 23.6 Å². The van der Waals surface area contributed by atoms with E-state index in [1.807, 2.05) is 0 Å². The summed E-state index contributed by atoms with van der Waals surface area (Å²) in [5, 5.41) is 2.71. The quantitative estimate of drug-likeness (QED) is 0.770. The second-order valence-corrected chi connectivity index (χ2v) is 5.77. The molecular formula is C18H12F3N3O. The Bertz CT molecular complexity index is 966. The van der Waals surface area contributed by atoms with Crippen LogP contribution in [0.1, 0.15) is 23.6 Å². The van der Waals surface area contributed by atoms with Gasteiger partial charge >= 0.3 is 0 Å². The van der Waals surface area contributed by atoms with Crippen molar-refractivity contribution in [3.63, 3.8) is 0 Å². The molecule has 4 rings (SSSR count). The Morgan fingerprint density at radius 1 is 1.08 bits per heavy atom. The molecule has 1 atom stereocenters. The summed E-state index contributed by atoms with van der Waals surface area (Å²) in [6, 6.07) is 9.52. The van der Waals surface area contributed by atoms with Gasteiger partial charge in [0.15, 0.2) is 11.6 Å². The number of carbonyl (C=O) groups is 1. The number of hydrogen-bond acceptors (Lipinski definition) is 2. The number of amides is 1. The van der Waals surface area contributed by atoms with Gasteiger partial charge in [-0.3, -0.25) is 9.36 Å². The first kappa shape index (κ1) is 15.4. The van der Waals surface area contributed by atoms with E-state index in [4.69, 9.17) is 0 Å². The van der Waals surface area contributed by atoms with Crippen LogP contribution >= 0.6 is 0 Å². The van der Waals surface area contributed by atoms with Gasteiger partial charge in [0.25, 0.3) is 0 Å². The maximum Gasteiger partial charge on any atom is 0.226 e. The highest BCUT2D eigenvalue weighted by Gasteiger charge is 2.33. The third-order valence-corrected chi connectivity index (χ3v) is 4.23. The zero-order chi connectivity index (χ0) is 17.6. The minimum Gasteiger partial charge on any atom is -0.310 e.